The van der Waals surface area contributed by atoms with E-state index in [4.69, 9.17) is 0 Å². The number of carbonyl (C=O) groups excluding carboxylic acids is 1. The van der Waals surface area contributed by atoms with E-state index < -0.39 is 0 Å². The third kappa shape index (κ3) is 1.71. The Morgan fingerprint density at radius 1 is 1.69 bits per heavy atom. The Morgan fingerprint density at radius 3 is 3.00 bits per heavy atom. The number of rotatable bonds is 2. The number of carbonyl (C=O) groups is 1. The van der Waals surface area contributed by atoms with E-state index in [2.05, 4.69) is 22.4 Å². The van der Waals surface area contributed by atoms with Crippen LogP contribution in [0.2, 0.25) is 0 Å². The maximum Gasteiger partial charge on any atom is 0.254 e. The van der Waals surface area contributed by atoms with Crippen molar-refractivity contribution >= 4 is 5.91 Å². The minimum Gasteiger partial charge on any atom is -0.349 e. The lowest BCUT2D eigenvalue weighted by atomic mass is 9.82. The second-order valence-corrected chi connectivity index (χ2v) is 3.73. The van der Waals surface area contributed by atoms with Crippen LogP contribution >= 0.6 is 0 Å². The van der Waals surface area contributed by atoms with Crippen LogP contribution in [0.15, 0.2) is 12.4 Å². The highest BCUT2D eigenvalue weighted by molar-refractivity contribution is 5.93. The number of aromatic nitrogens is 2. The summed E-state index contributed by atoms with van der Waals surface area (Å²) in [4.78, 5) is 11.4. The molecule has 70 valence electrons. The van der Waals surface area contributed by atoms with Gasteiger partial charge in [0.1, 0.15) is 0 Å². The molecule has 0 radical (unpaired) electrons. The first-order valence-corrected chi connectivity index (χ1v) is 4.55. The number of nitrogens with zero attached hydrogens (tertiary/aromatic N) is 1. The highest BCUT2D eigenvalue weighted by atomic mass is 16.1. The van der Waals surface area contributed by atoms with Crippen molar-refractivity contribution in [3.8, 4) is 0 Å². The fourth-order valence-electron chi connectivity index (χ4n) is 1.66. The normalized spacial score (nSPS) is 26.5. The third-order valence-corrected chi connectivity index (χ3v) is 2.47. The second kappa shape index (κ2) is 3.20. The van der Waals surface area contributed by atoms with Crippen LogP contribution in [0.3, 0.4) is 0 Å². The predicted molar refractivity (Wildman–Crippen MR) is 48.2 cm³/mol. The summed E-state index contributed by atoms with van der Waals surface area (Å²) in [5.74, 6) is 0.736. The van der Waals surface area contributed by atoms with Gasteiger partial charge in [-0.15, -0.1) is 0 Å². The molecule has 0 bridgehead atoms. The van der Waals surface area contributed by atoms with E-state index in [1.54, 1.807) is 6.20 Å². The number of amides is 1. The number of hydrogen-bond acceptors (Lipinski definition) is 2. The van der Waals surface area contributed by atoms with Crippen LogP contribution in [0, 0.1) is 5.92 Å². The molecule has 1 aliphatic carbocycles. The first kappa shape index (κ1) is 8.29. The number of hydrogen-bond donors (Lipinski definition) is 2. The van der Waals surface area contributed by atoms with Gasteiger partial charge in [-0.1, -0.05) is 6.92 Å². The molecule has 1 heterocycles. The first-order valence-electron chi connectivity index (χ1n) is 4.55. The lowest BCUT2D eigenvalue weighted by Gasteiger charge is -2.33. The summed E-state index contributed by atoms with van der Waals surface area (Å²) in [6.45, 7) is 2.19. The van der Waals surface area contributed by atoms with E-state index in [9.17, 15) is 4.79 Å². The molecule has 13 heavy (non-hydrogen) atoms. The van der Waals surface area contributed by atoms with Gasteiger partial charge in [-0.3, -0.25) is 9.89 Å². The molecule has 4 heteroatoms. The molecule has 1 fully saturated rings. The molecule has 0 aromatic carbocycles. The molecule has 1 aromatic heterocycles. The van der Waals surface area contributed by atoms with Crippen LogP contribution in [0.4, 0.5) is 0 Å². The van der Waals surface area contributed by atoms with Crippen LogP contribution in [-0.2, 0) is 0 Å². The zero-order valence-electron chi connectivity index (χ0n) is 7.58. The average Bonchev–Trinajstić information content (AvgIpc) is 2.53. The summed E-state index contributed by atoms with van der Waals surface area (Å²) >= 11 is 0. The molecule has 0 atom stereocenters. The molecular weight excluding hydrogens is 166 g/mol. The standard InChI is InChI=1S/C9H13N3O/c1-6-2-8(3-6)12-9(13)7-4-10-11-5-7/h4-6,8H,2-3H2,1H3,(H,10,11)(H,12,13). The molecule has 1 aromatic rings. The minimum absolute atomic E-state index is 0.0225. The molecule has 4 nitrogen and oxygen atoms in total. The Kier molecular flexibility index (Phi) is 2.04. The summed E-state index contributed by atoms with van der Waals surface area (Å²) in [6, 6.07) is 0.373. The van der Waals surface area contributed by atoms with Crippen LogP contribution < -0.4 is 5.32 Å². The van der Waals surface area contributed by atoms with E-state index in [0.717, 1.165) is 18.8 Å². The second-order valence-electron chi connectivity index (χ2n) is 3.73. The first-order chi connectivity index (χ1) is 6.25. The quantitative estimate of drug-likeness (QED) is 0.709. The molecule has 1 aliphatic rings. The van der Waals surface area contributed by atoms with E-state index >= 15 is 0 Å². The van der Waals surface area contributed by atoms with Gasteiger partial charge < -0.3 is 5.32 Å². The van der Waals surface area contributed by atoms with Crippen molar-refractivity contribution in [2.45, 2.75) is 25.8 Å². The molecule has 2 rings (SSSR count). The van der Waals surface area contributed by atoms with E-state index in [1.165, 1.54) is 6.20 Å². The summed E-state index contributed by atoms with van der Waals surface area (Å²) in [6.07, 6.45) is 5.35. The van der Waals surface area contributed by atoms with Gasteiger partial charge in [-0.05, 0) is 18.8 Å². The number of aromatic amines is 1. The molecular formula is C9H13N3O. The van der Waals surface area contributed by atoms with Gasteiger partial charge in [0.05, 0.1) is 11.8 Å². The zero-order valence-corrected chi connectivity index (χ0v) is 7.58. The van der Waals surface area contributed by atoms with E-state index in [-0.39, 0.29) is 5.91 Å². The van der Waals surface area contributed by atoms with Crippen LogP contribution in [0.1, 0.15) is 30.1 Å². The summed E-state index contributed by atoms with van der Waals surface area (Å²) in [5, 5.41) is 9.29. The van der Waals surface area contributed by atoms with Crippen molar-refractivity contribution in [3.63, 3.8) is 0 Å². The summed E-state index contributed by atoms with van der Waals surface area (Å²) in [5.41, 5.74) is 0.611. The lowest BCUT2D eigenvalue weighted by molar-refractivity contribution is 0.0896. The molecule has 0 aliphatic heterocycles. The Hall–Kier alpha value is -1.32. The third-order valence-electron chi connectivity index (χ3n) is 2.47. The fourth-order valence-corrected chi connectivity index (χ4v) is 1.66. The smallest absolute Gasteiger partial charge is 0.254 e. The van der Waals surface area contributed by atoms with E-state index in [0.29, 0.717) is 11.6 Å². The van der Waals surface area contributed by atoms with Crippen molar-refractivity contribution < 1.29 is 4.79 Å². The van der Waals surface area contributed by atoms with Crippen molar-refractivity contribution in [1.82, 2.24) is 15.5 Å². The van der Waals surface area contributed by atoms with Crippen molar-refractivity contribution in [2.75, 3.05) is 0 Å². The predicted octanol–water partition coefficient (Wildman–Crippen LogP) is 0.938. The maximum absolute atomic E-state index is 11.4. The monoisotopic (exact) mass is 179 g/mol. The Balaban J connectivity index is 1.86. The SMILES string of the molecule is CC1CC(NC(=O)c2cn[nH]c2)C1. The Morgan fingerprint density at radius 2 is 2.46 bits per heavy atom. The van der Waals surface area contributed by atoms with Gasteiger partial charge in [0.2, 0.25) is 0 Å². The maximum atomic E-state index is 11.4. The van der Waals surface area contributed by atoms with Gasteiger partial charge in [0.25, 0.3) is 5.91 Å². The van der Waals surface area contributed by atoms with Crippen molar-refractivity contribution in [1.29, 1.82) is 0 Å². The molecule has 0 saturated heterocycles. The highest BCUT2D eigenvalue weighted by Gasteiger charge is 2.26. The van der Waals surface area contributed by atoms with Gasteiger partial charge in [0.15, 0.2) is 0 Å². The number of nitrogens with one attached hydrogen (secondary N) is 2. The van der Waals surface area contributed by atoms with Crippen LogP contribution in [0.25, 0.3) is 0 Å². The van der Waals surface area contributed by atoms with Gasteiger partial charge in [-0.25, -0.2) is 0 Å². The summed E-state index contributed by atoms with van der Waals surface area (Å²) in [7, 11) is 0. The molecule has 1 saturated carbocycles. The number of H-pyrrole nitrogens is 1. The van der Waals surface area contributed by atoms with Crippen molar-refractivity contribution in [3.05, 3.63) is 18.0 Å². The largest absolute Gasteiger partial charge is 0.349 e. The van der Waals surface area contributed by atoms with Crippen LogP contribution in [-0.4, -0.2) is 22.1 Å². The topological polar surface area (TPSA) is 57.8 Å². The average molecular weight is 179 g/mol. The van der Waals surface area contributed by atoms with Gasteiger partial charge >= 0.3 is 0 Å². The van der Waals surface area contributed by atoms with Crippen molar-refractivity contribution in [2.24, 2.45) is 5.92 Å². The Labute approximate surface area is 76.7 Å². The molecule has 0 unspecified atom stereocenters. The van der Waals surface area contributed by atoms with Crippen LogP contribution in [0.5, 0.6) is 0 Å². The Bertz CT molecular complexity index is 288. The fraction of sp³-hybridized carbons (Fsp3) is 0.556. The van der Waals surface area contributed by atoms with Gasteiger partial charge in [-0.2, -0.15) is 5.10 Å². The van der Waals surface area contributed by atoms with E-state index in [1.807, 2.05) is 0 Å². The summed E-state index contributed by atoms with van der Waals surface area (Å²) < 4.78 is 0. The molecule has 0 spiro atoms. The molecule has 2 N–H and O–H groups in total. The molecule has 1 amide bonds. The minimum atomic E-state index is -0.0225. The lowest BCUT2D eigenvalue weighted by Crippen LogP contribution is -2.43. The zero-order chi connectivity index (χ0) is 9.26. The van der Waals surface area contributed by atoms with Gasteiger partial charge in [0, 0.05) is 12.2 Å². The highest BCUT2D eigenvalue weighted by Crippen LogP contribution is 2.26.